The van der Waals surface area contributed by atoms with Gasteiger partial charge in [0.05, 0.1) is 6.10 Å². The number of phenolic OH excluding ortho intramolecular Hbond substituents is 1. The summed E-state index contributed by atoms with van der Waals surface area (Å²) in [6, 6.07) is 5.46. The number of hydrogen-bond donors (Lipinski definition) is 2. The standard InChI is InChI=1S/C21H29FO2/c1-3-4-15-18(24)11-21(2)10-17(22)19-14-8-6-13(23)9-12(14)5-7-16(19)20(15)21/h6,8-9,15-20,23-24H,3-5,7,10-11H2,1-2H3/t15-,16-,17+,18+,19-,20+,21-/m1/s1. The highest BCUT2D eigenvalue weighted by atomic mass is 19.1. The second kappa shape index (κ2) is 5.72. The molecular weight excluding hydrogens is 303 g/mol. The van der Waals surface area contributed by atoms with Crippen LogP contribution in [0.25, 0.3) is 0 Å². The summed E-state index contributed by atoms with van der Waals surface area (Å²) in [7, 11) is 0. The second-order valence-electron chi connectivity index (χ2n) is 8.74. The molecule has 2 N–H and O–H groups in total. The van der Waals surface area contributed by atoms with Crippen molar-refractivity contribution < 1.29 is 14.6 Å². The zero-order valence-corrected chi connectivity index (χ0v) is 14.7. The number of aryl methyl sites for hydroxylation is 1. The van der Waals surface area contributed by atoms with E-state index in [1.807, 2.05) is 12.1 Å². The third-order valence-electron chi connectivity index (χ3n) is 7.26. The summed E-state index contributed by atoms with van der Waals surface area (Å²) in [5.41, 5.74) is 2.16. The van der Waals surface area contributed by atoms with Crippen molar-refractivity contribution in [1.82, 2.24) is 0 Å². The minimum Gasteiger partial charge on any atom is -0.508 e. The minimum atomic E-state index is -0.840. The highest BCUT2D eigenvalue weighted by Crippen LogP contribution is 2.64. The molecule has 0 radical (unpaired) electrons. The van der Waals surface area contributed by atoms with E-state index in [9.17, 15) is 10.2 Å². The van der Waals surface area contributed by atoms with Gasteiger partial charge in [0.2, 0.25) is 0 Å². The van der Waals surface area contributed by atoms with Crippen LogP contribution in [-0.4, -0.2) is 22.5 Å². The normalized spacial score (nSPS) is 43.8. The van der Waals surface area contributed by atoms with Crippen LogP contribution in [0.5, 0.6) is 5.75 Å². The Labute approximate surface area is 144 Å². The lowest BCUT2D eigenvalue weighted by molar-refractivity contribution is -0.0193. The highest BCUT2D eigenvalue weighted by molar-refractivity contribution is 5.41. The predicted octanol–water partition coefficient (Wildman–Crippen LogP) is 4.58. The number of alkyl halides is 1. The number of fused-ring (bicyclic) bond motifs is 5. The number of benzene rings is 1. The minimum absolute atomic E-state index is 0.0583. The van der Waals surface area contributed by atoms with Crippen molar-refractivity contribution in [1.29, 1.82) is 0 Å². The fourth-order valence-corrected chi connectivity index (χ4v) is 6.59. The fourth-order valence-electron chi connectivity index (χ4n) is 6.59. The molecular formula is C21H29FO2. The zero-order chi connectivity index (χ0) is 17.1. The van der Waals surface area contributed by atoms with Crippen molar-refractivity contribution in [3.63, 3.8) is 0 Å². The number of phenols is 1. The molecule has 132 valence electrons. The molecule has 0 heterocycles. The van der Waals surface area contributed by atoms with Gasteiger partial charge in [0, 0.05) is 5.92 Å². The van der Waals surface area contributed by atoms with E-state index >= 15 is 4.39 Å². The van der Waals surface area contributed by atoms with E-state index in [-0.39, 0.29) is 23.2 Å². The Bertz CT molecular complexity index is 630. The SMILES string of the molecule is CCC[C@H]1[C@H]2[C@@H]3CCc4cc(O)ccc4[C@H]3[C@@H](F)C[C@]2(C)C[C@@H]1O. The van der Waals surface area contributed by atoms with Crippen molar-refractivity contribution in [3.8, 4) is 5.75 Å². The monoisotopic (exact) mass is 332 g/mol. The summed E-state index contributed by atoms with van der Waals surface area (Å²) in [5.74, 6) is 1.29. The van der Waals surface area contributed by atoms with Crippen molar-refractivity contribution in [3.05, 3.63) is 29.3 Å². The van der Waals surface area contributed by atoms with E-state index in [0.717, 1.165) is 43.2 Å². The zero-order valence-electron chi connectivity index (χ0n) is 14.7. The van der Waals surface area contributed by atoms with Crippen molar-refractivity contribution in [2.45, 2.75) is 70.6 Å². The second-order valence-corrected chi connectivity index (χ2v) is 8.74. The lowest BCUT2D eigenvalue weighted by atomic mass is 9.53. The maximum Gasteiger partial charge on any atom is 0.115 e. The van der Waals surface area contributed by atoms with Gasteiger partial charge in [0.1, 0.15) is 11.9 Å². The van der Waals surface area contributed by atoms with Crippen LogP contribution < -0.4 is 0 Å². The van der Waals surface area contributed by atoms with Gasteiger partial charge in [0.15, 0.2) is 0 Å². The van der Waals surface area contributed by atoms with Crippen LogP contribution in [0.4, 0.5) is 4.39 Å². The Hall–Kier alpha value is -1.09. The molecule has 0 saturated heterocycles. The summed E-state index contributed by atoms with van der Waals surface area (Å²) >= 11 is 0. The number of hydrogen-bond acceptors (Lipinski definition) is 2. The molecule has 3 heteroatoms. The average molecular weight is 332 g/mol. The number of rotatable bonds is 2. The van der Waals surface area contributed by atoms with E-state index in [0.29, 0.717) is 24.2 Å². The van der Waals surface area contributed by atoms with E-state index < -0.39 is 6.17 Å². The van der Waals surface area contributed by atoms with E-state index in [4.69, 9.17) is 0 Å². The van der Waals surface area contributed by atoms with Gasteiger partial charge in [-0.1, -0.05) is 26.3 Å². The molecule has 0 aromatic heterocycles. The van der Waals surface area contributed by atoms with Crippen molar-refractivity contribution in [2.24, 2.45) is 23.2 Å². The highest BCUT2D eigenvalue weighted by Gasteiger charge is 2.60. The molecule has 3 aliphatic rings. The maximum atomic E-state index is 15.3. The van der Waals surface area contributed by atoms with Gasteiger partial charge in [0.25, 0.3) is 0 Å². The largest absolute Gasteiger partial charge is 0.508 e. The van der Waals surface area contributed by atoms with Gasteiger partial charge in [-0.25, -0.2) is 4.39 Å². The number of aliphatic hydroxyl groups is 1. The Morgan fingerprint density at radius 2 is 2.08 bits per heavy atom. The number of aliphatic hydroxyl groups excluding tert-OH is 1. The first-order valence-electron chi connectivity index (χ1n) is 9.58. The molecule has 3 aliphatic carbocycles. The van der Waals surface area contributed by atoms with Gasteiger partial charge in [-0.2, -0.15) is 0 Å². The molecule has 2 fully saturated rings. The van der Waals surface area contributed by atoms with E-state index in [2.05, 4.69) is 13.8 Å². The third kappa shape index (κ3) is 2.31. The maximum absolute atomic E-state index is 15.3. The molecule has 1 aromatic carbocycles. The Morgan fingerprint density at radius 1 is 1.29 bits per heavy atom. The molecule has 0 aliphatic heterocycles. The van der Waals surface area contributed by atoms with Crippen LogP contribution in [-0.2, 0) is 6.42 Å². The summed E-state index contributed by atoms with van der Waals surface area (Å²) in [5, 5.41) is 20.4. The molecule has 0 amide bonds. The van der Waals surface area contributed by atoms with Crippen LogP contribution in [0.2, 0.25) is 0 Å². The fraction of sp³-hybridized carbons (Fsp3) is 0.714. The van der Waals surface area contributed by atoms with Gasteiger partial charge in [-0.15, -0.1) is 0 Å². The lowest BCUT2D eigenvalue weighted by Gasteiger charge is -2.52. The first-order chi connectivity index (χ1) is 11.4. The molecule has 0 bridgehead atoms. The summed E-state index contributed by atoms with van der Waals surface area (Å²) in [6.07, 6.45) is 4.23. The first kappa shape index (κ1) is 16.4. The average Bonchev–Trinajstić information content (AvgIpc) is 2.77. The summed E-state index contributed by atoms with van der Waals surface area (Å²) in [6.45, 7) is 4.39. The third-order valence-corrected chi connectivity index (χ3v) is 7.26. The van der Waals surface area contributed by atoms with Crippen LogP contribution in [0.3, 0.4) is 0 Å². The van der Waals surface area contributed by atoms with Gasteiger partial charge < -0.3 is 10.2 Å². The molecule has 2 saturated carbocycles. The van der Waals surface area contributed by atoms with Crippen molar-refractivity contribution in [2.75, 3.05) is 0 Å². The molecule has 7 atom stereocenters. The van der Waals surface area contributed by atoms with Crippen LogP contribution in [0, 0.1) is 23.2 Å². The Balaban J connectivity index is 1.75. The summed E-state index contributed by atoms with van der Waals surface area (Å²) < 4.78 is 15.3. The van der Waals surface area contributed by atoms with E-state index in [1.54, 1.807) is 6.07 Å². The number of halogens is 1. The van der Waals surface area contributed by atoms with Crippen LogP contribution in [0.15, 0.2) is 18.2 Å². The Kier molecular flexibility index (Phi) is 3.91. The summed E-state index contributed by atoms with van der Waals surface area (Å²) in [4.78, 5) is 0. The number of aromatic hydroxyl groups is 1. The lowest BCUT2D eigenvalue weighted by Crippen LogP contribution is -2.47. The molecule has 0 unspecified atom stereocenters. The quantitative estimate of drug-likeness (QED) is 0.832. The van der Waals surface area contributed by atoms with Crippen molar-refractivity contribution >= 4 is 0 Å². The van der Waals surface area contributed by atoms with Gasteiger partial charge >= 0.3 is 0 Å². The topological polar surface area (TPSA) is 40.5 Å². The predicted molar refractivity (Wildman–Crippen MR) is 92.8 cm³/mol. The molecule has 0 spiro atoms. The molecule has 2 nitrogen and oxygen atoms in total. The van der Waals surface area contributed by atoms with Gasteiger partial charge in [-0.3, -0.25) is 0 Å². The van der Waals surface area contributed by atoms with Crippen LogP contribution in [0.1, 0.15) is 63.0 Å². The van der Waals surface area contributed by atoms with Gasteiger partial charge in [-0.05, 0) is 78.5 Å². The van der Waals surface area contributed by atoms with E-state index in [1.165, 1.54) is 0 Å². The molecule has 24 heavy (non-hydrogen) atoms. The smallest absolute Gasteiger partial charge is 0.115 e. The molecule has 4 rings (SSSR count). The molecule has 1 aromatic rings. The Morgan fingerprint density at radius 3 is 2.83 bits per heavy atom. The van der Waals surface area contributed by atoms with Crippen LogP contribution >= 0.6 is 0 Å². The first-order valence-corrected chi connectivity index (χ1v) is 9.58.